The molecule has 1 aliphatic heterocycles. The van der Waals surface area contributed by atoms with Gasteiger partial charge in [0.05, 0.1) is 13.7 Å². The number of halogens is 3. The quantitative estimate of drug-likeness (QED) is 0.914. The molecule has 0 amide bonds. The molecule has 0 aliphatic carbocycles. The molecular weight excluding hydrogens is 334 g/mol. The number of alkyl halides is 2. The van der Waals surface area contributed by atoms with Crippen LogP contribution < -0.4 is 14.8 Å². The molecule has 1 aromatic rings. The van der Waals surface area contributed by atoms with Crippen LogP contribution in [-0.2, 0) is 0 Å². The van der Waals surface area contributed by atoms with Crippen LogP contribution in [0.3, 0.4) is 0 Å². The highest BCUT2D eigenvalue weighted by atomic mass is 79.9. The Bertz CT molecular complexity index is 546. The normalized spacial score (nSPS) is 21.1. The number of benzene rings is 1. The molecule has 0 spiro atoms. The minimum atomic E-state index is -2.99. The summed E-state index contributed by atoms with van der Waals surface area (Å²) in [5.41, 5.74) is 0.152. The lowest BCUT2D eigenvalue weighted by atomic mass is 10.1. The Labute approximate surface area is 123 Å². The summed E-state index contributed by atoms with van der Waals surface area (Å²) in [7, 11) is 1.40. The number of nitriles is 1. The molecule has 0 saturated carbocycles. The first-order chi connectivity index (χ1) is 9.49. The monoisotopic (exact) mass is 346 g/mol. The van der Waals surface area contributed by atoms with E-state index in [2.05, 4.69) is 21.2 Å². The highest BCUT2D eigenvalue weighted by Gasteiger charge is 2.44. The Kier molecular flexibility index (Phi) is 4.45. The van der Waals surface area contributed by atoms with Gasteiger partial charge in [0.25, 0.3) is 5.92 Å². The predicted molar refractivity (Wildman–Crippen MR) is 72.3 cm³/mol. The van der Waals surface area contributed by atoms with Gasteiger partial charge in [-0.1, -0.05) is 0 Å². The predicted octanol–water partition coefficient (Wildman–Crippen LogP) is 2.71. The maximum Gasteiger partial charge on any atom is 0.296 e. The summed E-state index contributed by atoms with van der Waals surface area (Å²) in [5.74, 6) is -2.67. The maximum atomic E-state index is 13.8. The van der Waals surface area contributed by atoms with Gasteiger partial charge in [-0.15, -0.1) is 0 Å². The molecule has 0 radical (unpaired) electrons. The van der Waals surface area contributed by atoms with Crippen molar-refractivity contribution in [1.82, 2.24) is 5.32 Å². The first-order valence-corrected chi connectivity index (χ1v) is 6.80. The van der Waals surface area contributed by atoms with E-state index in [0.717, 1.165) is 0 Å². The van der Waals surface area contributed by atoms with Gasteiger partial charge in [0, 0.05) is 10.9 Å². The summed E-state index contributed by atoms with van der Waals surface area (Å²) in [6.45, 7) is 0.00827. The first kappa shape index (κ1) is 15.0. The summed E-state index contributed by atoms with van der Waals surface area (Å²) in [5, 5.41) is 11.8. The van der Waals surface area contributed by atoms with Crippen LogP contribution in [0.2, 0.25) is 0 Å². The van der Waals surface area contributed by atoms with E-state index >= 15 is 0 Å². The lowest BCUT2D eigenvalue weighted by Crippen LogP contribution is -2.52. The van der Waals surface area contributed by atoms with Crippen LogP contribution in [0.5, 0.6) is 11.5 Å². The number of rotatable bonds is 3. The van der Waals surface area contributed by atoms with Crippen LogP contribution in [0.4, 0.5) is 8.78 Å². The van der Waals surface area contributed by atoms with Crippen molar-refractivity contribution in [2.75, 3.05) is 20.2 Å². The molecule has 1 heterocycles. The van der Waals surface area contributed by atoms with Gasteiger partial charge in [-0.3, -0.25) is 0 Å². The lowest BCUT2D eigenvalue weighted by Gasteiger charge is -2.32. The molecule has 1 saturated heterocycles. The van der Waals surface area contributed by atoms with Gasteiger partial charge >= 0.3 is 0 Å². The van der Waals surface area contributed by atoms with Crippen molar-refractivity contribution in [2.24, 2.45) is 0 Å². The molecule has 20 heavy (non-hydrogen) atoms. The second-order valence-corrected chi connectivity index (χ2v) is 5.25. The fourth-order valence-corrected chi connectivity index (χ4v) is 2.42. The van der Waals surface area contributed by atoms with Crippen LogP contribution in [0.25, 0.3) is 0 Å². The van der Waals surface area contributed by atoms with Crippen LogP contribution in [0, 0.1) is 11.3 Å². The van der Waals surface area contributed by atoms with Crippen molar-refractivity contribution < 1.29 is 18.3 Å². The Morgan fingerprint density at radius 2 is 2.25 bits per heavy atom. The molecule has 0 bridgehead atoms. The SMILES string of the molecule is COc1ccc(Br)c(C#N)c1OC1CCNCC1(F)F. The van der Waals surface area contributed by atoms with Gasteiger partial charge < -0.3 is 14.8 Å². The fourth-order valence-electron chi connectivity index (χ4n) is 2.02. The molecule has 1 aromatic carbocycles. The van der Waals surface area contributed by atoms with Crippen molar-refractivity contribution in [1.29, 1.82) is 5.26 Å². The van der Waals surface area contributed by atoms with E-state index in [1.54, 1.807) is 12.1 Å². The largest absolute Gasteiger partial charge is 0.493 e. The van der Waals surface area contributed by atoms with E-state index in [0.29, 0.717) is 11.0 Å². The Morgan fingerprint density at radius 1 is 1.50 bits per heavy atom. The van der Waals surface area contributed by atoms with Crippen molar-refractivity contribution in [3.8, 4) is 17.6 Å². The van der Waals surface area contributed by atoms with E-state index in [1.807, 2.05) is 6.07 Å². The molecule has 108 valence electrons. The molecule has 2 rings (SSSR count). The molecule has 7 heteroatoms. The minimum absolute atomic E-state index is 0.0518. The molecule has 1 N–H and O–H groups in total. The van der Waals surface area contributed by atoms with Crippen molar-refractivity contribution >= 4 is 15.9 Å². The van der Waals surface area contributed by atoms with Crippen LogP contribution >= 0.6 is 15.9 Å². The van der Waals surface area contributed by atoms with E-state index in [9.17, 15) is 8.78 Å². The number of nitrogens with one attached hydrogen (secondary N) is 1. The molecule has 1 atom stereocenters. The highest BCUT2D eigenvalue weighted by molar-refractivity contribution is 9.10. The summed E-state index contributed by atoms with van der Waals surface area (Å²) >= 11 is 3.21. The average Bonchev–Trinajstić information content (AvgIpc) is 2.41. The van der Waals surface area contributed by atoms with Gasteiger partial charge in [0.1, 0.15) is 11.6 Å². The molecule has 1 unspecified atom stereocenters. The molecule has 1 fully saturated rings. The zero-order chi connectivity index (χ0) is 14.8. The zero-order valence-corrected chi connectivity index (χ0v) is 12.3. The molecular formula is C13H13BrF2N2O2. The summed E-state index contributed by atoms with van der Waals surface area (Å²) < 4.78 is 38.6. The minimum Gasteiger partial charge on any atom is -0.493 e. The zero-order valence-electron chi connectivity index (χ0n) is 10.8. The van der Waals surface area contributed by atoms with Crippen molar-refractivity contribution in [3.63, 3.8) is 0 Å². The van der Waals surface area contributed by atoms with Crippen molar-refractivity contribution in [2.45, 2.75) is 18.4 Å². The topological polar surface area (TPSA) is 54.3 Å². The standard InChI is InChI=1S/C13H13BrF2N2O2/c1-19-10-3-2-9(14)8(6-17)12(10)20-11-4-5-18-7-13(11,15)16/h2-3,11,18H,4-5,7H2,1H3. The van der Waals surface area contributed by atoms with E-state index in [1.165, 1.54) is 7.11 Å². The molecule has 4 nitrogen and oxygen atoms in total. The van der Waals surface area contributed by atoms with Gasteiger partial charge in [0.2, 0.25) is 0 Å². The Hall–Kier alpha value is -1.39. The molecule has 1 aliphatic rings. The van der Waals surface area contributed by atoms with Gasteiger partial charge in [-0.25, -0.2) is 8.78 Å². The van der Waals surface area contributed by atoms with Crippen LogP contribution in [-0.4, -0.2) is 32.2 Å². The number of piperidine rings is 1. The second kappa shape index (κ2) is 5.94. The van der Waals surface area contributed by atoms with E-state index in [4.69, 9.17) is 14.7 Å². The van der Waals surface area contributed by atoms with Gasteiger partial charge in [-0.05, 0) is 34.6 Å². The third kappa shape index (κ3) is 2.86. The lowest BCUT2D eigenvalue weighted by molar-refractivity contribution is -0.109. The maximum absolute atomic E-state index is 13.8. The number of hydrogen-bond acceptors (Lipinski definition) is 4. The number of ether oxygens (including phenoxy) is 2. The summed E-state index contributed by atoms with van der Waals surface area (Å²) in [4.78, 5) is 0. The van der Waals surface area contributed by atoms with Crippen molar-refractivity contribution in [3.05, 3.63) is 22.2 Å². The number of hydrogen-bond donors (Lipinski definition) is 1. The van der Waals surface area contributed by atoms with Crippen LogP contribution in [0.15, 0.2) is 16.6 Å². The van der Waals surface area contributed by atoms with E-state index in [-0.39, 0.29) is 23.5 Å². The van der Waals surface area contributed by atoms with Gasteiger partial charge in [0.15, 0.2) is 17.6 Å². The highest BCUT2D eigenvalue weighted by Crippen LogP contribution is 2.38. The third-order valence-electron chi connectivity index (χ3n) is 3.08. The first-order valence-electron chi connectivity index (χ1n) is 6.01. The summed E-state index contributed by atoms with van der Waals surface area (Å²) in [6.07, 6.45) is -1.12. The smallest absolute Gasteiger partial charge is 0.296 e. The van der Waals surface area contributed by atoms with E-state index < -0.39 is 18.6 Å². The number of nitrogens with zero attached hydrogens (tertiary/aromatic N) is 1. The second-order valence-electron chi connectivity index (χ2n) is 4.40. The van der Waals surface area contributed by atoms with Crippen LogP contribution in [0.1, 0.15) is 12.0 Å². The fraction of sp³-hybridized carbons (Fsp3) is 0.462. The Balaban J connectivity index is 2.37. The third-order valence-corrected chi connectivity index (χ3v) is 3.74. The average molecular weight is 347 g/mol. The summed E-state index contributed by atoms with van der Waals surface area (Å²) in [6, 6.07) is 5.13. The molecule has 0 aromatic heterocycles. The Morgan fingerprint density at radius 3 is 2.85 bits per heavy atom. The van der Waals surface area contributed by atoms with Gasteiger partial charge in [-0.2, -0.15) is 5.26 Å². The number of methoxy groups -OCH3 is 1.